The van der Waals surface area contributed by atoms with Gasteiger partial charge in [0.25, 0.3) is 0 Å². The molecule has 0 bridgehead atoms. The van der Waals surface area contributed by atoms with E-state index in [9.17, 15) is 19.8 Å². The van der Waals surface area contributed by atoms with Crippen molar-refractivity contribution in [3.63, 3.8) is 0 Å². The van der Waals surface area contributed by atoms with E-state index in [1.165, 1.54) is 0 Å². The summed E-state index contributed by atoms with van der Waals surface area (Å²) in [5.74, 6) is -1.95. The summed E-state index contributed by atoms with van der Waals surface area (Å²) < 4.78 is 0. The fraction of sp³-hybridized carbons (Fsp3) is 0.429. The summed E-state index contributed by atoms with van der Waals surface area (Å²) in [6, 6.07) is 5.49. The summed E-state index contributed by atoms with van der Waals surface area (Å²) >= 11 is 0. The van der Waals surface area contributed by atoms with E-state index in [1.807, 2.05) is 39.8 Å². The van der Waals surface area contributed by atoms with Crippen molar-refractivity contribution in [2.24, 2.45) is 0 Å². The molecule has 0 spiro atoms. The Morgan fingerprint density at radius 2 is 1.42 bits per heavy atom. The molecule has 0 aliphatic carbocycles. The molecule has 0 saturated carbocycles. The van der Waals surface area contributed by atoms with Gasteiger partial charge in [-0.3, -0.25) is 0 Å². The summed E-state index contributed by atoms with van der Waals surface area (Å²) in [5, 5.41) is 22.1. The first-order valence-electron chi connectivity index (χ1n) is 8.99. The van der Waals surface area contributed by atoms with Crippen molar-refractivity contribution in [1.29, 1.82) is 0 Å². The molecule has 0 aliphatic heterocycles. The minimum Gasteiger partial charge on any atom is -0.478 e. The normalized spacial score (nSPS) is 12.2. The summed E-state index contributed by atoms with van der Waals surface area (Å²) in [6.07, 6.45) is 0. The first-order valence-corrected chi connectivity index (χ1v) is 12.5. The van der Waals surface area contributed by atoms with Gasteiger partial charge in [0, 0.05) is 5.39 Å². The highest BCUT2D eigenvalue weighted by Gasteiger charge is 2.34. The number of carboxylic acid groups (broad SMARTS) is 2. The molecular weight excluding hydrogens is 344 g/mol. The zero-order valence-corrected chi connectivity index (χ0v) is 17.6. The van der Waals surface area contributed by atoms with Crippen LogP contribution in [0.4, 0.5) is 0 Å². The standard InChI is InChI=1S/C21H28O4Si/c1-11(2)13-9-8-10-14-16(13)18(21(24)25)15(12(3)4)19(26(5,6)7)17(14)20(22)23/h8-12H,1-7H3,(H,22,23)(H,24,25). The second-order valence-electron chi connectivity index (χ2n) is 8.48. The maximum atomic E-state index is 12.3. The van der Waals surface area contributed by atoms with Crippen molar-refractivity contribution in [2.75, 3.05) is 0 Å². The number of carbonyl (C=O) groups is 2. The Bertz CT molecular complexity index is 889. The van der Waals surface area contributed by atoms with Gasteiger partial charge in [-0.15, -0.1) is 0 Å². The van der Waals surface area contributed by atoms with Crippen molar-refractivity contribution in [1.82, 2.24) is 0 Å². The summed E-state index contributed by atoms with van der Waals surface area (Å²) in [7, 11) is -2.13. The van der Waals surface area contributed by atoms with Gasteiger partial charge in [0.2, 0.25) is 0 Å². The van der Waals surface area contributed by atoms with E-state index in [4.69, 9.17) is 0 Å². The van der Waals surface area contributed by atoms with Crippen molar-refractivity contribution in [3.05, 3.63) is 40.5 Å². The molecule has 0 atom stereocenters. The van der Waals surface area contributed by atoms with Crippen molar-refractivity contribution in [3.8, 4) is 0 Å². The largest absolute Gasteiger partial charge is 0.478 e. The Morgan fingerprint density at radius 1 is 0.885 bits per heavy atom. The monoisotopic (exact) mass is 372 g/mol. The molecule has 2 N–H and O–H groups in total. The average molecular weight is 373 g/mol. The fourth-order valence-electron chi connectivity index (χ4n) is 3.87. The maximum absolute atomic E-state index is 12.3. The Morgan fingerprint density at radius 3 is 1.81 bits per heavy atom. The molecule has 0 aromatic heterocycles. The van der Waals surface area contributed by atoms with Crippen LogP contribution in [0.2, 0.25) is 19.6 Å². The van der Waals surface area contributed by atoms with E-state index in [1.54, 1.807) is 6.07 Å². The minimum atomic E-state index is -2.13. The molecule has 26 heavy (non-hydrogen) atoms. The minimum absolute atomic E-state index is 0.0782. The third kappa shape index (κ3) is 3.28. The molecule has 2 aromatic rings. The smallest absolute Gasteiger partial charge is 0.336 e. The molecular formula is C21H28O4Si. The Labute approximate surface area is 155 Å². The number of hydrogen-bond donors (Lipinski definition) is 2. The van der Waals surface area contributed by atoms with Crippen LogP contribution in [0, 0.1) is 0 Å². The molecule has 0 unspecified atom stereocenters. The van der Waals surface area contributed by atoms with E-state index in [0.717, 1.165) is 10.8 Å². The van der Waals surface area contributed by atoms with Crippen LogP contribution < -0.4 is 5.19 Å². The van der Waals surface area contributed by atoms with Gasteiger partial charge in [-0.1, -0.05) is 65.5 Å². The number of aromatic carboxylic acids is 2. The average Bonchev–Trinajstić information content (AvgIpc) is 2.49. The predicted molar refractivity (Wildman–Crippen MR) is 109 cm³/mol. The lowest BCUT2D eigenvalue weighted by molar-refractivity contribution is 0.0684. The van der Waals surface area contributed by atoms with Crippen LogP contribution in [-0.4, -0.2) is 30.2 Å². The van der Waals surface area contributed by atoms with E-state index in [-0.39, 0.29) is 23.0 Å². The van der Waals surface area contributed by atoms with Gasteiger partial charge in [-0.25, -0.2) is 9.59 Å². The lowest BCUT2D eigenvalue weighted by Crippen LogP contribution is -2.45. The van der Waals surface area contributed by atoms with Gasteiger partial charge in [0.05, 0.1) is 19.2 Å². The van der Waals surface area contributed by atoms with Crippen LogP contribution in [0.15, 0.2) is 18.2 Å². The van der Waals surface area contributed by atoms with Crippen LogP contribution in [0.3, 0.4) is 0 Å². The van der Waals surface area contributed by atoms with Crippen molar-refractivity contribution < 1.29 is 19.8 Å². The highest BCUT2D eigenvalue weighted by Crippen LogP contribution is 2.36. The lowest BCUT2D eigenvalue weighted by Gasteiger charge is -2.29. The van der Waals surface area contributed by atoms with Crippen LogP contribution in [0.5, 0.6) is 0 Å². The summed E-state index contributed by atoms with van der Waals surface area (Å²) in [5.41, 5.74) is 2.14. The number of fused-ring (bicyclic) bond motifs is 1. The molecule has 0 heterocycles. The van der Waals surface area contributed by atoms with Gasteiger partial charge in [-0.05, 0) is 33.5 Å². The molecule has 4 nitrogen and oxygen atoms in total. The van der Waals surface area contributed by atoms with Crippen molar-refractivity contribution in [2.45, 2.75) is 59.2 Å². The van der Waals surface area contributed by atoms with Gasteiger partial charge in [0.1, 0.15) is 0 Å². The third-order valence-electron chi connectivity index (χ3n) is 4.78. The van der Waals surface area contributed by atoms with Crippen molar-refractivity contribution >= 4 is 36.0 Å². The molecule has 2 rings (SSSR count). The number of rotatable bonds is 5. The molecule has 0 aliphatic rings. The Balaban J connectivity index is 3.33. The molecule has 0 amide bonds. The SMILES string of the molecule is CC(C)c1c([Si](C)(C)C)c(C(=O)O)c2cccc(C(C)C)c2c1C(=O)O. The number of carboxylic acids is 2. The van der Waals surface area contributed by atoms with Crippen LogP contribution in [0.1, 0.15) is 71.4 Å². The topological polar surface area (TPSA) is 74.6 Å². The Hall–Kier alpha value is -2.14. The van der Waals surface area contributed by atoms with Gasteiger partial charge in [-0.2, -0.15) is 0 Å². The number of benzene rings is 2. The molecule has 0 saturated heterocycles. The Kier molecular flexibility index (Phi) is 5.33. The van der Waals surface area contributed by atoms with E-state index in [2.05, 4.69) is 19.6 Å². The van der Waals surface area contributed by atoms with E-state index in [0.29, 0.717) is 16.3 Å². The highest BCUT2D eigenvalue weighted by atomic mass is 28.3. The summed E-state index contributed by atoms with van der Waals surface area (Å²) in [4.78, 5) is 24.6. The second-order valence-corrected chi connectivity index (χ2v) is 13.5. The van der Waals surface area contributed by atoms with E-state index < -0.39 is 20.0 Å². The first kappa shape index (κ1) is 20.2. The molecule has 140 valence electrons. The maximum Gasteiger partial charge on any atom is 0.336 e. The number of hydrogen-bond acceptors (Lipinski definition) is 2. The lowest BCUT2D eigenvalue weighted by atomic mass is 9.84. The molecule has 0 fully saturated rings. The zero-order valence-electron chi connectivity index (χ0n) is 16.6. The van der Waals surface area contributed by atoms with Crippen LogP contribution >= 0.6 is 0 Å². The predicted octanol–water partition coefficient (Wildman–Crippen LogP) is 5.03. The van der Waals surface area contributed by atoms with Gasteiger partial charge < -0.3 is 10.2 Å². The summed E-state index contributed by atoms with van der Waals surface area (Å²) in [6.45, 7) is 14.1. The van der Waals surface area contributed by atoms with Gasteiger partial charge in [0.15, 0.2) is 0 Å². The highest BCUT2D eigenvalue weighted by molar-refractivity contribution is 6.90. The second kappa shape index (κ2) is 6.87. The van der Waals surface area contributed by atoms with E-state index >= 15 is 0 Å². The van der Waals surface area contributed by atoms with Gasteiger partial charge >= 0.3 is 11.9 Å². The molecule has 5 heteroatoms. The van der Waals surface area contributed by atoms with Crippen LogP contribution in [0.25, 0.3) is 10.8 Å². The zero-order chi connectivity index (χ0) is 20.0. The molecule has 0 radical (unpaired) electrons. The third-order valence-corrected chi connectivity index (χ3v) is 6.80. The van der Waals surface area contributed by atoms with Crippen LogP contribution in [-0.2, 0) is 0 Å². The fourth-order valence-corrected chi connectivity index (χ4v) is 6.08. The quantitative estimate of drug-likeness (QED) is 0.722. The molecule has 2 aromatic carbocycles. The first-order chi connectivity index (χ1) is 11.9.